The second-order valence-corrected chi connectivity index (χ2v) is 8.36. The summed E-state index contributed by atoms with van der Waals surface area (Å²) in [6.07, 6.45) is 0. The number of likely N-dealkylation sites (N-methyl/N-ethyl adjacent to an activating group) is 1. The zero-order valence-electron chi connectivity index (χ0n) is 18.2. The summed E-state index contributed by atoms with van der Waals surface area (Å²) >= 11 is 0. The fourth-order valence-electron chi connectivity index (χ4n) is 2.91. The summed E-state index contributed by atoms with van der Waals surface area (Å²) in [7, 11) is -2.05. The molecule has 0 bridgehead atoms. The minimum absolute atomic E-state index is 0.145. The van der Waals surface area contributed by atoms with Crippen LogP contribution in [0.25, 0.3) is 0 Å². The molecule has 2 aromatic rings. The summed E-state index contributed by atoms with van der Waals surface area (Å²) in [6, 6.07) is 11.8. The highest BCUT2D eigenvalue weighted by Crippen LogP contribution is 2.28. The fraction of sp³-hybridized carbons (Fsp3) is 0.455. The molecule has 0 heterocycles. The fourth-order valence-corrected chi connectivity index (χ4v) is 3.93. The van der Waals surface area contributed by atoms with Gasteiger partial charge in [0.1, 0.15) is 12.4 Å². The monoisotopic (exact) mass is 436 g/mol. The topological polar surface area (TPSA) is 77.1 Å². The number of nitrogens with zero attached hydrogens (tertiary/aromatic N) is 1. The standard InChI is InChI=1S/C22H32N2O5S/c1-5-24(6-2)14-15-29-22-16-18(8-13-21(22)27-4)17-23-30(25,26)20-11-9-19(10-12-20)28-7-3/h8-13,16,23H,5-7,14-15,17H2,1-4H3. The first-order valence-corrected chi connectivity index (χ1v) is 11.7. The number of methoxy groups -OCH3 is 1. The molecule has 0 fully saturated rings. The van der Waals surface area contributed by atoms with Crippen molar-refractivity contribution in [1.82, 2.24) is 9.62 Å². The summed E-state index contributed by atoms with van der Waals surface area (Å²) < 4.78 is 44.4. The van der Waals surface area contributed by atoms with Gasteiger partial charge < -0.3 is 19.1 Å². The van der Waals surface area contributed by atoms with Gasteiger partial charge in [-0.05, 0) is 62.0 Å². The highest BCUT2D eigenvalue weighted by Gasteiger charge is 2.15. The van der Waals surface area contributed by atoms with Gasteiger partial charge in [-0.25, -0.2) is 13.1 Å². The largest absolute Gasteiger partial charge is 0.494 e. The van der Waals surface area contributed by atoms with E-state index >= 15 is 0 Å². The van der Waals surface area contributed by atoms with Crippen molar-refractivity contribution in [3.05, 3.63) is 48.0 Å². The van der Waals surface area contributed by atoms with Gasteiger partial charge >= 0.3 is 0 Å². The molecule has 0 saturated heterocycles. The second-order valence-electron chi connectivity index (χ2n) is 6.59. The van der Waals surface area contributed by atoms with Gasteiger partial charge in [0.15, 0.2) is 11.5 Å². The number of hydrogen-bond donors (Lipinski definition) is 1. The van der Waals surface area contributed by atoms with Crippen LogP contribution in [0.2, 0.25) is 0 Å². The van der Waals surface area contributed by atoms with Crippen LogP contribution in [0.15, 0.2) is 47.4 Å². The van der Waals surface area contributed by atoms with Crippen molar-refractivity contribution in [2.24, 2.45) is 0 Å². The zero-order chi connectivity index (χ0) is 22.0. The summed E-state index contributed by atoms with van der Waals surface area (Å²) in [5.41, 5.74) is 0.781. The number of benzene rings is 2. The van der Waals surface area contributed by atoms with E-state index in [1.54, 1.807) is 25.3 Å². The Hall–Kier alpha value is -2.29. The zero-order valence-corrected chi connectivity index (χ0v) is 19.0. The van der Waals surface area contributed by atoms with Crippen molar-refractivity contribution in [1.29, 1.82) is 0 Å². The van der Waals surface area contributed by atoms with Crippen molar-refractivity contribution in [3.63, 3.8) is 0 Å². The predicted octanol–water partition coefficient (Wildman–Crippen LogP) is 3.29. The molecule has 0 aliphatic carbocycles. The van der Waals surface area contributed by atoms with Crippen molar-refractivity contribution in [2.75, 3.05) is 40.0 Å². The first-order chi connectivity index (χ1) is 14.4. The van der Waals surface area contributed by atoms with E-state index in [4.69, 9.17) is 14.2 Å². The van der Waals surface area contributed by atoms with E-state index in [2.05, 4.69) is 23.5 Å². The minimum Gasteiger partial charge on any atom is -0.494 e. The molecular formula is C22H32N2O5S. The van der Waals surface area contributed by atoms with Crippen molar-refractivity contribution < 1.29 is 22.6 Å². The maximum absolute atomic E-state index is 12.6. The van der Waals surface area contributed by atoms with E-state index in [1.807, 2.05) is 19.1 Å². The highest BCUT2D eigenvalue weighted by atomic mass is 32.2. The van der Waals surface area contributed by atoms with Gasteiger partial charge in [-0.3, -0.25) is 0 Å². The average Bonchev–Trinajstić information content (AvgIpc) is 2.76. The van der Waals surface area contributed by atoms with Crippen LogP contribution in [-0.4, -0.2) is 53.3 Å². The lowest BCUT2D eigenvalue weighted by molar-refractivity contribution is 0.217. The van der Waals surface area contributed by atoms with E-state index < -0.39 is 10.0 Å². The van der Waals surface area contributed by atoms with E-state index in [0.29, 0.717) is 30.5 Å². The maximum Gasteiger partial charge on any atom is 0.240 e. The Kier molecular flexibility index (Phi) is 9.42. The number of nitrogens with one attached hydrogen (secondary N) is 1. The van der Waals surface area contributed by atoms with E-state index in [0.717, 1.165) is 25.2 Å². The third-order valence-electron chi connectivity index (χ3n) is 4.70. The number of rotatable bonds is 13. The van der Waals surface area contributed by atoms with Gasteiger partial charge in [0, 0.05) is 13.1 Å². The second kappa shape index (κ2) is 11.8. The normalized spacial score (nSPS) is 11.5. The van der Waals surface area contributed by atoms with Crippen LogP contribution in [0.5, 0.6) is 17.2 Å². The summed E-state index contributed by atoms with van der Waals surface area (Å²) in [6.45, 7) is 10.0. The smallest absolute Gasteiger partial charge is 0.240 e. The summed E-state index contributed by atoms with van der Waals surface area (Å²) in [5, 5.41) is 0. The molecule has 7 nitrogen and oxygen atoms in total. The molecule has 8 heteroatoms. The van der Waals surface area contributed by atoms with E-state index in [1.165, 1.54) is 12.1 Å². The lowest BCUT2D eigenvalue weighted by Crippen LogP contribution is -2.28. The van der Waals surface area contributed by atoms with Crippen LogP contribution in [-0.2, 0) is 16.6 Å². The number of ether oxygens (including phenoxy) is 3. The molecule has 166 valence electrons. The molecule has 0 aliphatic heterocycles. The molecule has 0 spiro atoms. The van der Waals surface area contributed by atoms with Gasteiger partial charge in [-0.15, -0.1) is 0 Å². The van der Waals surface area contributed by atoms with Crippen LogP contribution in [0.1, 0.15) is 26.3 Å². The van der Waals surface area contributed by atoms with Gasteiger partial charge in [-0.2, -0.15) is 0 Å². The number of sulfonamides is 1. The molecule has 0 aromatic heterocycles. The Morgan fingerprint density at radius 3 is 2.23 bits per heavy atom. The third kappa shape index (κ3) is 6.90. The molecular weight excluding hydrogens is 404 g/mol. The van der Waals surface area contributed by atoms with Gasteiger partial charge in [-0.1, -0.05) is 19.9 Å². The molecule has 0 aliphatic rings. The molecule has 2 aromatic carbocycles. The van der Waals surface area contributed by atoms with E-state index in [-0.39, 0.29) is 11.4 Å². The Morgan fingerprint density at radius 1 is 0.933 bits per heavy atom. The van der Waals surface area contributed by atoms with Gasteiger partial charge in [0.25, 0.3) is 0 Å². The SMILES string of the molecule is CCOc1ccc(S(=O)(=O)NCc2ccc(OC)c(OCCN(CC)CC)c2)cc1. The Morgan fingerprint density at radius 2 is 1.63 bits per heavy atom. The molecule has 0 saturated carbocycles. The first kappa shape index (κ1) is 24.0. The summed E-state index contributed by atoms with van der Waals surface area (Å²) in [4.78, 5) is 2.46. The minimum atomic E-state index is -3.64. The Labute approximate surface area is 180 Å². The van der Waals surface area contributed by atoms with Crippen LogP contribution in [0, 0.1) is 0 Å². The average molecular weight is 437 g/mol. The van der Waals surface area contributed by atoms with Crippen molar-refractivity contribution in [3.8, 4) is 17.2 Å². The predicted molar refractivity (Wildman–Crippen MR) is 118 cm³/mol. The van der Waals surface area contributed by atoms with Gasteiger partial charge in [0.05, 0.1) is 18.6 Å². The molecule has 0 amide bonds. The van der Waals surface area contributed by atoms with Crippen LogP contribution >= 0.6 is 0 Å². The third-order valence-corrected chi connectivity index (χ3v) is 6.12. The summed E-state index contributed by atoms with van der Waals surface area (Å²) in [5.74, 6) is 1.85. The lowest BCUT2D eigenvalue weighted by atomic mass is 10.2. The van der Waals surface area contributed by atoms with E-state index in [9.17, 15) is 8.42 Å². The molecule has 0 unspecified atom stereocenters. The quantitative estimate of drug-likeness (QED) is 0.519. The molecule has 30 heavy (non-hydrogen) atoms. The maximum atomic E-state index is 12.6. The molecule has 2 rings (SSSR count). The molecule has 0 atom stereocenters. The molecule has 0 radical (unpaired) electrons. The van der Waals surface area contributed by atoms with Crippen LogP contribution in [0.3, 0.4) is 0 Å². The van der Waals surface area contributed by atoms with Gasteiger partial charge in [0.2, 0.25) is 10.0 Å². The van der Waals surface area contributed by atoms with Crippen molar-refractivity contribution in [2.45, 2.75) is 32.2 Å². The first-order valence-electron chi connectivity index (χ1n) is 10.2. The molecule has 1 N–H and O–H groups in total. The highest BCUT2D eigenvalue weighted by molar-refractivity contribution is 7.89. The Bertz CT molecular complexity index is 881. The van der Waals surface area contributed by atoms with Crippen LogP contribution < -0.4 is 18.9 Å². The van der Waals surface area contributed by atoms with Crippen LogP contribution in [0.4, 0.5) is 0 Å². The van der Waals surface area contributed by atoms with Crippen molar-refractivity contribution >= 4 is 10.0 Å². The Balaban J connectivity index is 2.03. The lowest BCUT2D eigenvalue weighted by Gasteiger charge is -2.19. The number of hydrogen-bond acceptors (Lipinski definition) is 6.